The van der Waals surface area contributed by atoms with Crippen LogP contribution in [0.15, 0.2) is 42.6 Å². The van der Waals surface area contributed by atoms with E-state index in [1.165, 1.54) is 0 Å². The molecular formula is C14H19N3O. The molecule has 0 saturated heterocycles. The number of hydrogen-bond donors (Lipinski definition) is 1. The molecule has 1 unspecified atom stereocenters. The smallest absolute Gasteiger partial charge is 0.119 e. The Morgan fingerprint density at radius 1 is 1.28 bits per heavy atom. The van der Waals surface area contributed by atoms with E-state index >= 15 is 0 Å². The zero-order valence-corrected chi connectivity index (χ0v) is 10.8. The van der Waals surface area contributed by atoms with Gasteiger partial charge in [0.1, 0.15) is 5.75 Å². The number of ether oxygens (including phenoxy) is 1. The molecule has 0 aliphatic carbocycles. The number of aryl methyl sites for hydroxylation is 1. The van der Waals surface area contributed by atoms with Gasteiger partial charge in [0.2, 0.25) is 0 Å². The zero-order chi connectivity index (χ0) is 12.8. The number of nitrogens with one attached hydrogen (secondary N) is 1. The summed E-state index contributed by atoms with van der Waals surface area (Å²) in [5, 5.41) is 7.67. The highest BCUT2D eigenvalue weighted by Crippen LogP contribution is 2.15. The predicted molar refractivity (Wildman–Crippen MR) is 71.6 cm³/mol. The lowest BCUT2D eigenvalue weighted by Crippen LogP contribution is -2.19. The van der Waals surface area contributed by atoms with Gasteiger partial charge in [0.15, 0.2) is 0 Å². The molecule has 1 aromatic heterocycles. The van der Waals surface area contributed by atoms with Gasteiger partial charge in [-0.3, -0.25) is 4.68 Å². The fourth-order valence-electron chi connectivity index (χ4n) is 1.87. The minimum atomic E-state index is 0.231. The monoisotopic (exact) mass is 245 g/mol. The summed E-state index contributed by atoms with van der Waals surface area (Å²) in [6, 6.07) is 12.1. The maximum atomic E-state index is 5.69. The first-order chi connectivity index (χ1) is 8.79. The molecule has 0 radical (unpaired) electrons. The summed E-state index contributed by atoms with van der Waals surface area (Å²) in [5.74, 6) is 0.911. The Morgan fingerprint density at radius 3 is 2.67 bits per heavy atom. The van der Waals surface area contributed by atoms with Gasteiger partial charge in [-0.2, -0.15) is 5.10 Å². The van der Waals surface area contributed by atoms with E-state index in [-0.39, 0.29) is 6.04 Å². The standard InChI is InChI=1S/C14H19N3O/c1-15-13(14-8-10-17(2)16-14)9-11-18-12-6-4-3-5-7-12/h3-8,10,13,15H,9,11H2,1-2H3. The first kappa shape index (κ1) is 12.6. The summed E-state index contributed by atoms with van der Waals surface area (Å²) in [5.41, 5.74) is 1.05. The van der Waals surface area contributed by atoms with Crippen molar-refractivity contribution in [2.75, 3.05) is 13.7 Å². The molecule has 96 valence electrons. The van der Waals surface area contributed by atoms with Gasteiger partial charge in [0.05, 0.1) is 18.3 Å². The summed E-state index contributed by atoms with van der Waals surface area (Å²) in [6.07, 6.45) is 2.85. The summed E-state index contributed by atoms with van der Waals surface area (Å²) in [7, 11) is 3.87. The van der Waals surface area contributed by atoms with E-state index in [0.717, 1.165) is 17.9 Å². The van der Waals surface area contributed by atoms with Crippen molar-refractivity contribution < 1.29 is 4.74 Å². The average molecular weight is 245 g/mol. The van der Waals surface area contributed by atoms with Crippen molar-refractivity contribution in [3.63, 3.8) is 0 Å². The molecule has 1 N–H and O–H groups in total. The molecule has 0 aliphatic rings. The van der Waals surface area contributed by atoms with Crippen LogP contribution in [0.1, 0.15) is 18.2 Å². The van der Waals surface area contributed by atoms with E-state index in [0.29, 0.717) is 6.61 Å². The zero-order valence-electron chi connectivity index (χ0n) is 10.8. The van der Waals surface area contributed by atoms with Crippen LogP contribution in [0, 0.1) is 0 Å². The maximum Gasteiger partial charge on any atom is 0.119 e. The van der Waals surface area contributed by atoms with E-state index in [9.17, 15) is 0 Å². The van der Waals surface area contributed by atoms with E-state index in [1.807, 2.05) is 61.4 Å². The lowest BCUT2D eigenvalue weighted by Gasteiger charge is -2.14. The van der Waals surface area contributed by atoms with E-state index in [2.05, 4.69) is 10.4 Å². The molecule has 0 amide bonds. The highest BCUT2D eigenvalue weighted by Gasteiger charge is 2.11. The van der Waals surface area contributed by atoms with Gasteiger partial charge in [0, 0.05) is 19.7 Å². The normalized spacial score (nSPS) is 12.3. The van der Waals surface area contributed by atoms with Crippen LogP contribution in [0.3, 0.4) is 0 Å². The van der Waals surface area contributed by atoms with Crippen LogP contribution in [-0.2, 0) is 7.05 Å². The summed E-state index contributed by atoms with van der Waals surface area (Å²) in [4.78, 5) is 0. The SMILES string of the molecule is CNC(CCOc1ccccc1)c1ccn(C)n1. The number of nitrogens with zero attached hydrogens (tertiary/aromatic N) is 2. The first-order valence-corrected chi connectivity index (χ1v) is 6.14. The van der Waals surface area contributed by atoms with Crippen molar-refractivity contribution in [2.24, 2.45) is 7.05 Å². The third-order valence-electron chi connectivity index (χ3n) is 2.86. The molecule has 1 aromatic carbocycles. The van der Waals surface area contributed by atoms with Crippen LogP contribution in [0.4, 0.5) is 0 Å². The quantitative estimate of drug-likeness (QED) is 0.847. The third kappa shape index (κ3) is 3.34. The summed E-state index contributed by atoms with van der Waals surface area (Å²) < 4.78 is 7.51. The van der Waals surface area contributed by atoms with Crippen molar-refractivity contribution in [1.82, 2.24) is 15.1 Å². The average Bonchev–Trinajstić information content (AvgIpc) is 2.82. The Labute approximate surface area is 108 Å². The minimum Gasteiger partial charge on any atom is -0.494 e. The van der Waals surface area contributed by atoms with Crippen LogP contribution in [0.2, 0.25) is 0 Å². The van der Waals surface area contributed by atoms with Crippen molar-refractivity contribution in [3.8, 4) is 5.75 Å². The molecule has 0 spiro atoms. The second-order valence-electron chi connectivity index (χ2n) is 4.21. The molecule has 4 nitrogen and oxygen atoms in total. The Hall–Kier alpha value is -1.81. The van der Waals surface area contributed by atoms with Crippen molar-refractivity contribution in [3.05, 3.63) is 48.3 Å². The van der Waals surface area contributed by atoms with Gasteiger partial charge < -0.3 is 10.1 Å². The van der Waals surface area contributed by atoms with E-state index in [4.69, 9.17) is 4.74 Å². The highest BCUT2D eigenvalue weighted by atomic mass is 16.5. The highest BCUT2D eigenvalue weighted by molar-refractivity contribution is 5.20. The Kier molecular flexibility index (Phi) is 4.36. The van der Waals surface area contributed by atoms with Crippen LogP contribution in [0.5, 0.6) is 5.75 Å². The van der Waals surface area contributed by atoms with Gasteiger partial charge in [-0.1, -0.05) is 18.2 Å². The van der Waals surface area contributed by atoms with Crippen LogP contribution in [-0.4, -0.2) is 23.4 Å². The van der Waals surface area contributed by atoms with Gasteiger partial charge in [0.25, 0.3) is 0 Å². The number of aromatic nitrogens is 2. The number of para-hydroxylation sites is 1. The van der Waals surface area contributed by atoms with Gasteiger partial charge in [-0.15, -0.1) is 0 Å². The lowest BCUT2D eigenvalue weighted by molar-refractivity contribution is 0.288. The molecule has 0 bridgehead atoms. The molecule has 18 heavy (non-hydrogen) atoms. The molecular weight excluding hydrogens is 226 g/mol. The van der Waals surface area contributed by atoms with E-state index in [1.54, 1.807) is 0 Å². The second-order valence-corrected chi connectivity index (χ2v) is 4.21. The first-order valence-electron chi connectivity index (χ1n) is 6.14. The van der Waals surface area contributed by atoms with Gasteiger partial charge >= 0.3 is 0 Å². The summed E-state index contributed by atoms with van der Waals surface area (Å²) in [6.45, 7) is 0.673. The number of benzene rings is 1. The van der Waals surface area contributed by atoms with Crippen LogP contribution >= 0.6 is 0 Å². The molecule has 1 heterocycles. The fraction of sp³-hybridized carbons (Fsp3) is 0.357. The maximum absolute atomic E-state index is 5.69. The summed E-state index contributed by atoms with van der Waals surface area (Å²) >= 11 is 0. The minimum absolute atomic E-state index is 0.231. The Morgan fingerprint density at radius 2 is 2.06 bits per heavy atom. The molecule has 0 aliphatic heterocycles. The third-order valence-corrected chi connectivity index (χ3v) is 2.86. The molecule has 2 rings (SSSR count). The van der Waals surface area contributed by atoms with Crippen LogP contribution < -0.4 is 10.1 Å². The Balaban J connectivity index is 1.85. The fourth-order valence-corrected chi connectivity index (χ4v) is 1.87. The largest absolute Gasteiger partial charge is 0.494 e. The topological polar surface area (TPSA) is 39.1 Å². The van der Waals surface area contributed by atoms with Gasteiger partial charge in [-0.05, 0) is 25.2 Å². The van der Waals surface area contributed by atoms with Gasteiger partial charge in [-0.25, -0.2) is 0 Å². The number of rotatable bonds is 6. The number of hydrogen-bond acceptors (Lipinski definition) is 3. The predicted octanol–water partition coefficient (Wildman–Crippen LogP) is 2.15. The van der Waals surface area contributed by atoms with Crippen LogP contribution in [0.25, 0.3) is 0 Å². The van der Waals surface area contributed by atoms with Crippen molar-refractivity contribution in [2.45, 2.75) is 12.5 Å². The molecule has 2 aromatic rings. The molecule has 1 atom stereocenters. The molecule has 0 fully saturated rings. The van der Waals surface area contributed by atoms with Crippen molar-refractivity contribution in [1.29, 1.82) is 0 Å². The second kappa shape index (κ2) is 6.21. The van der Waals surface area contributed by atoms with Crippen molar-refractivity contribution >= 4 is 0 Å². The Bertz CT molecular complexity index is 467. The lowest BCUT2D eigenvalue weighted by atomic mass is 10.1. The van der Waals surface area contributed by atoms with E-state index < -0.39 is 0 Å². The molecule has 0 saturated carbocycles. The molecule has 4 heteroatoms.